The third-order valence-corrected chi connectivity index (χ3v) is 11.3. The lowest BCUT2D eigenvalue weighted by molar-refractivity contribution is -0.121. The van der Waals surface area contributed by atoms with Crippen LogP contribution in [-0.2, 0) is 9.59 Å². The van der Waals surface area contributed by atoms with Crippen molar-refractivity contribution in [2.24, 2.45) is 0 Å². The quantitative estimate of drug-likeness (QED) is 0.0341. The smallest absolute Gasteiger partial charge is 0.221 e. The molecule has 7 N–H and O–H groups in total. The first-order chi connectivity index (χ1) is 28.5. The Labute approximate surface area is 362 Å². The van der Waals surface area contributed by atoms with E-state index in [1.807, 2.05) is 4.90 Å². The van der Waals surface area contributed by atoms with E-state index in [9.17, 15) is 35.1 Å². The van der Waals surface area contributed by atoms with Gasteiger partial charge in [-0.2, -0.15) is 0 Å². The number of aliphatic hydroxyl groups excluding tert-OH is 5. The normalized spacial score (nSPS) is 14.0. The number of amides is 2. The van der Waals surface area contributed by atoms with Crippen molar-refractivity contribution in [1.82, 2.24) is 25.3 Å². The molecular formula is C47H97N5O7. The van der Waals surface area contributed by atoms with Crippen LogP contribution in [0.1, 0.15) is 188 Å². The van der Waals surface area contributed by atoms with Gasteiger partial charge in [0.1, 0.15) is 0 Å². The van der Waals surface area contributed by atoms with Crippen LogP contribution in [0.3, 0.4) is 0 Å². The number of carbonyl (C=O) groups excluding carboxylic acids is 2. The molecule has 0 heterocycles. The highest BCUT2D eigenvalue weighted by atomic mass is 16.3. The average molecular weight is 844 g/mol. The molecule has 2 amide bonds. The minimum atomic E-state index is -0.496. The summed E-state index contributed by atoms with van der Waals surface area (Å²) in [5, 5.41) is 57.8. The second-order valence-corrected chi connectivity index (χ2v) is 17.5. The maximum Gasteiger partial charge on any atom is 0.221 e. The van der Waals surface area contributed by atoms with Crippen LogP contribution in [0.5, 0.6) is 0 Å². The molecule has 0 aromatic rings. The number of rotatable bonds is 45. The number of nitrogens with one attached hydrogen (secondary N) is 2. The van der Waals surface area contributed by atoms with Crippen molar-refractivity contribution in [2.45, 2.75) is 213 Å². The van der Waals surface area contributed by atoms with Gasteiger partial charge in [-0.05, 0) is 39.0 Å². The first-order valence-electron chi connectivity index (χ1n) is 24.6. The lowest BCUT2D eigenvalue weighted by Gasteiger charge is -2.27. The van der Waals surface area contributed by atoms with Crippen LogP contribution in [0.2, 0.25) is 0 Å². The topological polar surface area (TPSA) is 169 Å². The van der Waals surface area contributed by atoms with E-state index < -0.39 is 24.4 Å². The number of aliphatic hydroxyl groups is 5. The summed E-state index contributed by atoms with van der Waals surface area (Å²) in [6.07, 6.45) is 23.9. The number of unbranched alkanes of at least 4 members (excludes halogenated alkanes) is 15. The molecular weight excluding hydrogens is 747 g/mol. The molecule has 4 unspecified atom stereocenters. The summed E-state index contributed by atoms with van der Waals surface area (Å²) in [7, 11) is 0. The maximum atomic E-state index is 12.8. The Balaban J connectivity index is 4.62. The summed E-state index contributed by atoms with van der Waals surface area (Å²) in [6.45, 7) is 14.0. The molecule has 0 aliphatic rings. The lowest BCUT2D eigenvalue weighted by atomic mass is 10.1. The Kier molecular flexibility index (Phi) is 41.0. The van der Waals surface area contributed by atoms with Gasteiger partial charge in [-0.3, -0.25) is 19.4 Å². The van der Waals surface area contributed by atoms with Crippen molar-refractivity contribution in [3.05, 3.63) is 0 Å². The highest BCUT2D eigenvalue weighted by molar-refractivity contribution is 5.76. The molecule has 0 aliphatic heterocycles. The molecule has 0 radical (unpaired) electrons. The van der Waals surface area contributed by atoms with Gasteiger partial charge < -0.3 is 41.1 Å². The molecule has 0 rings (SSSR count). The van der Waals surface area contributed by atoms with Crippen molar-refractivity contribution in [3.63, 3.8) is 0 Å². The van der Waals surface area contributed by atoms with Gasteiger partial charge in [-0.25, -0.2) is 0 Å². The number of carbonyl (C=O) groups is 2. The van der Waals surface area contributed by atoms with Gasteiger partial charge in [0.05, 0.1) is 31.0 Å². The molecule has 0 spiro atoms. The maximum absolute atomic E-state index is 12.8. The zero-order valence-corrected chi connectivity index (χ0v) is 38.9. The second-order valence-electron chi connectivity index (χ2n) is 17.5. The summed E-state index contributed by atoms with van der Waals surface area (Å²) in [4.78, 5) is 31.6. The summed E-state index contributed by atoms with van der Waals surface area (Å²) in [5.41, 5.74) is 0. The van der Waals surface area contributed by atoms with Gasteiger partial charge in [0, 0.05) is 84.8 Å². The van der Waals surface area contributed by atoms with Gasteiger partial charge in [0.25, 0.3) is 0 Å². The summed E-state index contributed by atoms with van der Waals surface area (Å²) in [5.74, 6) is -0.157. The Hall–Kier alpha value is -1.38. The molecule has 4 atom stereocenters. The first-order valence-corrected chi connectivity index (χ1v) is 24.6. The SMILES string of the molecule is CCCCCCCCC(O)CN(CCCNC(=O)CCN(CCO)CCC(=O)NCCCN(CC(O)CCCCCCCC)CC(O)CCCCCCCC)CC(C)O. The van der Waals surface area contributed by atoms with E-state index in [1.54, 1.807) is 6.92 Å². The van der Waals surface area contributed by atoms with Crippen LogP contribution < -0.4 is 10.6 Å². The fourth-order valence-electron chi connectivity index (χ4n) is 7.77. The van der Waals surface area contributed by atoms with Crippen molar-refractivity contribution in [1.29, 1.82) is 0 Å². The van der Waals surface area contributed by atoms with Gasteiger partial charge >= 0.3 is 0 Å². The number of hydrogen-bond donors (Lipinski definition) is 7. The Bertz CT molecular complexity index is 909. The first kappa shape index (κ1) is 57.6. The fraction of sp³-hybridized carbons (Fsp3) is 0.957. The van der Waals surface area contributed by atoms with Crippen LogP contribution in [0.15, 0.2) is 0 Å². The highest BCUT2D eigenvalue weighted by Crippen LogP contribution is 2.13. The van der Waals surface area contributed by atoms with Crippen LogP contribution in [-0.4, -0.2) is 155 Å². The van der Waals surface area contributed by atoms with Gasteiger partial charge in [-0.1, -0.05) is 136 Å². The van der Waals surface area contributed by atoms with Crippen LogP contribution in [0.4, 0.5) is 0 Å². The Morgan fingerprint density at radius 2 is 0.780 bits per heavy atom. The van der Waals surface area contributed by atoms with E-state index in [2.05, 4.69) is 41.2 Å². The highest BCUT2D eigenvalue weighted by Gasteiger charge is 2.17. The fourth-order valence-corrected chi connectivity index (χ4v) is 7.77. The molecule has 12 nitrogen and oxygen atoms in total. The summed E-state index contributed by atoms with van der Waals surface area (Å²) in [6, 6.07) is 0. The molecule has 0 aromatic carbocycles. The largest absolute Gasteiger partial charge is 0.395 e. The van der Waals surface area contributed by atoms with Crippen molar-refractivity contribution >= 4 is 11.8 Å². The van der Waals surface area contributed by atoms with Crippen molar-refractivity contribution < 1.29 is 35.1 Å². The molecule has 12 heteroatoms. The standard InChI is InChI=1S/C47H97N5O7/c1-5-8-11-14-17-20-25-43(55)39-51(38-42(4)54)32-23-30-48-46(58)28-34-50(36-37-53)35-29-47(59)49-31-24-33-52(40-44(56)26-21-18-15-12-9-6-2)41-45(57)27-22-19-16-13-10-7-3/h42-45,53-57H,5-41H2,1-4H3,(H,48,58)(H,49,59). The lowest BCUT2D eigenvalue weighted by Crippen LogP contribution is -2.40. The third kappa shape index (κ3) is 39.2. The van der Waals surface area contributed by atoms with Crippen LogP contribution >= 0.6 is 0 Å². The van der Waals surface area contributed by atoms with Crippen LogP contribution in [0.25, 0.3) is 0 Å². The second kappa shape index (κ2) is 41.9. The van der Waals surface area contributed by atoms with E-state index in [0.717, 1.165) is 64.2 Å². The van der Waals surface area contributed by atoms with E-state index in [-0.39, 0.29) is 31.3 Å². The molecule has 0 aromatic heterocycles. The molecule has 59 heavy (non-hydrogen) atoms. The Morgan fingerprint density at radius 3 is 1.12 bits per heavy atom. The summed E-state index contributed by atoms with van der Waals surface area (Å²) < 4.78 is 0. The Morgan fingerprint density at radius 1 is 0.441 bits per heavy atom. The average Bonchev–Trinajstić information content (AvgIpc) is 3.19. The monoisotopic (exact) mass is 844 g/mol. The summed E-state index contributed by atoms with van der Waals surface area (Å²) >= 11 is 0. The van der Waals surface area contributed by atoms with E-state index in [4.69, 9.17) is 0 Å². The minimum Gasteiger partial charge on any atom is -0.395 e. The van der Waals surface area contributed by atoms with Gasteiger partial charge in [-0.15, -0.1) is 0 Å². The minimum absolute atomic E-state index is 0.0572. The number of nitrogens with zero attached hydrogens (tertiary/aromatic N) is 3. The molecule has 0 aliphatic carbocycles. The molecule has 0 fully saturated rings. The molecule has 0 saturated heterocycles. The third-order valence-electron chi connectivity index (χ3n) is 11.3. The van der Waals surface area contributed by atoms with E-state index in [1.165, 1.54) is 77.0 Å². The zero-order chi connectivity index (χ0) is 43.8. The van der Waals surface area contributed by atoms with Crippen molar-refractivity contribution in [2.75, 3.05) is 78.6 Å². The zero-order valence-electron chi connectivity index (χ0n) is 38.9. The molecule has 0 saturated carbocycles. The number of hydrogen-bond acceptors (Lipinski definition) is 10. The van der Waals surface area contributed by atoms with E-state index in [0.29, 0.717) is 78.4 Å². The predicted octanol–water partition coefficient (Wildman–Crippen LogP) is 6.39. The molecule has 0 bridgehead atoms. The molecule has 352 valence electrons. The predicted molar refractivity (Wildman–Crippen MR) is 245 cm³/mol. The van der Waals surface area contributed by atoms with Gasteiger partial charge in [0.15, 0.2) is 0 Å². The van der Waals surface area contributed by atoms with Crippen LogP contribution in [0, 0.1) is 0 Å². The van der Waals surface area contributed by atoms with Crippen molar-refractivity contribution in [3.8, 4) is 0 Å². The van der Waals surface area contributed by atoms with E-state index >= 15 is 0 Å². The van der Waals surface area contributed by atoms with Gasteiger partial charge in [0.2, 0.25) is 11.8 Å².